The molecule has 0 atom stereocenters. The number of carbonyl (C=O) groups excluding carboxylic acids is 2. The second kappa shape index (κ2) is 18.3. The zero-order chi connectivity index (χ0) is 36.2. The van der Waals surface area contributed by atoms with Gasteiger partial charge in [0, 0.05) is 49.2 Å². The fraction of sp³-hybridized carbons (Fsp3) is 0.200. The zero-order valence-corrected chi connectivity index (χ0v) is 29.9. The summed E-state index contributed by atoms with van der Waals surface area (Å²) in [4.78, 5) is 48.1. The molecule has 11 heteroatoms. The average molecular weight is 743 g/mol. The van der Waals surface area contributed by atoms with Gasteiger partial charge in [0.2, 0.25) is 11.6 Å². The van der Waals surface area contributed by atoms with E-state index in [1.54, 1.807) is 36.4 Å². The lowest BCUT2D eigenvalue weighted by atomic mass is 10.1. The number of hydrogen-bond donors (Lipinski definition) is 2. The van der Waals surface area contributed by atoms with E-state index in [0.717, 1.165) is 20.2 Å². The van der Waals surface area contributed by atoms with Crippen LogP contribution in [-0.4, -0.2) is 46.9 Å². The van der Waals surface area contributed by atoms with Crippen LogP contribution >= 0.6 is 34.3 Å². The molecule has 6 aromatic rings. The van der Waals surface area contributed by atoms with Gasteiger partial charge in [-0.3, -0.25) is 19.2 Å². The minimum Gasteiger partial charge on any atom is -0.491 e. The number of carboxylic acid groups (broad SMARTS) is 2. The molecule has 51 heavy (non-hydrogen) atoms. The Balaban J connectivity index is 0.000000198. The van der Waals surface area contributed by atoms with Crippen LogP contribution in [0.4, 0.5) is 0 Å². The van der Waals surface area contributed by atoms with Gasteiger partial charge in [0.05, 0.1) is 13.2 Å². The van der Waals surface area contributed by atoms with Gasteiger partial charge in [-0.05, 0) is 74.2 Å². The molecule has 0 aliphatic heterocycles. The molecule has 0 saturated heterocycles. The predicted octanol–water partition coefficient (Wildman–Crippen LogP) is 10.2. The van der Waals surface area contributed by atoms with Crippen LogP contribution in [-0.2, 0) is 9.59 Å². The quantitative estimate of drug-likeness (QED) is 0.0741. The largest absolute Gasteiger partial charge is 0.491 e. The van der Waals surface area contributed by atoms with Crippen molar-refractivity contribution < 1.29 is 38.9 Å². The Morgan fingerprint density at radius 2 is 0.941 bits per heavy atom. The Labute approximate surface area is 307 Å². The Morgan fingerprint density at radius 1 is 0.529 bits per heavy atom. The molecule has 0 aliphatic carbocycles. The number of carbonyl (C=O) groups is 4. The molecule has 0 radical (unpaired) electrons. The number of ketones is 2. The Bertz CT molecular complexity index is 2120. The monoisotopic (exact) mass is 742 g/mol. The van der Waals surface area contributed by atoms with Crippen molar-refractivity contribution in [3.8, 4) is 11.5 Å². The molecular weight excluding hydrogens is 708 g/mol. The predicted molar refractivity (Wildman–Crippen MR) is 202 cm³/mol. The second-order valence-electron chi connectivity index (χ2n) is 11.4. The van der Waals surface area contributed by atoms with E-state index in [1.165, 1.54) is 22.7 Å². The van der Waals surface area contributed by atoms with E-state index in [-0.39, 0.29) is 24.4 Å². The summed E-state index contributed by atoms with van der Waals surface area (Å²) >= 11 is 8.73. The molecule has 0 fully saturated rings. The third kappa shape index (κ3) is 10.0. The highest BCUT2D eigenvalue weighted by molar-refractivity contribution is 7.22. The number of unbranched alkanes of at least 4 members (excludes halogenated alkanes) is 2. The van der Waals surface area contributed by atoms with Crippen molar-refractivity contribution in [2.45, 2.75) is 38.5 Å². The summed E-state index contributed by atoms with van der Waals surface area (Å²) in [6, 6.07) is 31.4. The number of ether oxygens (including phenoxy) is 2. The van der Waals surface area contributed by atoms with Crippen molar-refractivity contribution in [1.29, 1.82) is 0 Å². The first kappa shape index (κ1) is 37.2. The Kier molecular flexibility index (Phi) is 13.3. The Morgan fingerprint density at radius 3 is 1.39 bits per heavy atom. The molecule has 6 rings (SSSR count). The Hall–Kier alpha value is -5.03. The van der Waals surface area contributed by atoms with Crippen LogP contribution < -0.4 is 9.47 Å². The van der Waals surface area contributed by atoms with E-state index in [0.29, 0.717) is 76.3 Å². The number of rotatable bonds is 16. The lowest BCUT2D eigenvalue weighted by Gasteiger charge is -2.08. The molecule has 0 bridgehead atoms. The third-order valence-corrected chi connectivity index (χ3v) is 10.3. The van der Waals surface area contributed by atoms with E-state index in [9.17, 15) is 19.2 Å². The first-order chi connectivity index (χ1) is 24.7. The van der Waals surface area contributed by atoms with Crippen molar-refractivity contribution in [3.63, 3.8) is 0 Å². The van der Waals surface area contributed by atoms with Gasteiger partial charge < -0.3 is 19.7 Å². The molecule has 0 aliphatic rings. The SMILES string of the molecule is O=C(O)CCCCOc1c(C(=O)c2ccc(Cl)cc2)sc2ccccc12.O=C(O)CCCCOc1c(C(=O)c2ccccc2)sc2ccccc12. The maximum absolute atomic E-state index is 12.9. The van der Waals surface area contributed by atoms with Crippen molar-refractivity contribution >= 4 is 78.0 Å². The van der Waals surface area contributed by atoms with Gasteiger partial charge in [0.25, 0.3) is 0 Å². The molecule has 2 aromatic heterocycles. The number of benzene rings is 4. The smallest absolute Gasteiger partial charge is 0.303 e. The maximum Gasteiger partial charge on any atom is 0.303 e. The summed E-state index contributed by atoms with van der Waals surface area (Å²) in [5.41, 5.74) is 1.18. The van der Waals surface area contributed by atoms with Crippen molar-refractivity contribution in [1.82, 2.24) is 0 Å². The molecule has 0 saturated carbocycles. The highest BCUT2D eigenvalue weighted by Crippen LogP contribution is 2.40. The third-order valence-electron chi connectivity index (χ3n) is 7.72. The molecule has 0 spiro atoms. The normalized spacial score (nSPS) is 10.8. The maximum atomic E-state index is 12.9. The summed E-state index contributed by atoms with van der Waals surface area (Å²) in [5.74, 6) is -0.609. The summed E-state index contributed by atoms with van der Waals surface area (Å²) in [6.45, 7) is 0.762. The second-order valence-corrected chi connectivity index (χ2v) is 14.0. The molecule has 8 nitrogen and oxygen atoms in total. The van der Waals surface area contributed by atoms with E-state index in [1.807, 2.05) is 66.7 Å². The number of thiophene rings is 2. The molecule has 4 aromatic carbocycles. The minimum atomic E-state index is -0.815. The van der Waals surface area contributed by atoms with Gasteiger partial charge in [0.1, 0.15) is 21.3 Å². The van der Waals surface area contributed by atoms with Crippen LogP contribution in [0, 0.1) is 0 Å². The first-order valence-corrected chi connectivity index (χ1v) is 18.4. The lowest BCUT2D eigenvalue weighted by molar-refractivity contribution is -0.138. The van der Waals surface area contributed by atoms with Gasteiger partial charge in [-0.15, -0.1) is 22.7 Å². The average Bonchev–Trinajstić information content (AvgIpc) is 3.70. The number of carboxylic acids is 2. The molecular formula is C40H35ClO8S2. The summed E-state index contributed by atoms with van der Waals surface area (Å²) in [6.07, 6.45) is 2.59. The van der Waals surface area contributed by atoms with E-state index < -0.39 is 11.9 Å². The van der Waals surface area contributed by atoms with Crippen LogP contribution in [0.25, 0.3) is 20.2 Å². The standard InChI is InChI=1S/C20H17ClO4S.C20H18O4S/c21-14-10-8-13(9-11-14)18(24)20-19(25-12-4-3-7-17(22)23)15-5-1-2-6-16(15)26-20;21-17(22)12-6-7-13-24-19-15-10-4-5-11-16(15)25-20(19)18(23)14-8-2-1-3-9-14/h1-2,5-6,8-11H,3-4,7,12H2,(H,22,23);1-5,8-11H,6-7,12-13H2,(H,21,22). The van der Waals surface area contributed by atoms with Gasteiger partial charge in [-0.25, -0.2) is 0 Å². The summed E-state index contributed by atoms with van der Waals surface area (Å²) in [5, 5.41) is 19.8. The van der Waals surface area contributed by atoms with Gasteiger partial charge in [-0.2, -0.15) is 0 Å². The number of hydrogen-bond acceptors (Lipinski definition) is 8. The van der Waals surface area contributed by atoms with Crippen molar-refractivity contribution in [3.05, 3.63) is 129 Å². The van der Waals surface area contributed by atoms with Crippen LogP contribution in [0.3, 0.4) is 0 Å². The molecule has 2 heterocycles. The molecule has 0 amide bonds. The van der Waals surface area contributed by atoms with Crippen LogP contribution in [0.15, 0.2) is 103 Å². The van der Waals surface area contributed by atoms with Gasteiger partial charge >= 0.3 is 11.9 Å². The van der Waals surface area contributed by atoms with Crippen molar-refractivity contribution in [2.24, 2.45) is 0 Å². The number of halogens is 1. The molecule has 0 unspecified atom stereocenters. The van der Waals surface area contributed by atoms with Gasteiger partial charge in [-0.1, -0.05) is 66.2 Å². The van der Waals surface area contributed by atoms with Crippen molar-refractivity contribution in [2.75, 3.05) is 13.2 Å². The topological polar surface area (TPSA) is 127 Å². The zero-order valence-electron chi connectivity index (χ0n) is 27.5. The van der Waals surface area contributed by atoms with E-state index in [2.05, 4.69) is 0 Å². The number of fused-ring (bicyclic) bond motifs is 2. The fourth-order valence-corrected chi connectivity index (χ4v) is 7.53. The molecule has 262 valence electrons. The van der Waals surface area contributed by atoms with Crippen LogP contribution in [0.2, 0.25) is 5.02 Å². The van der Waals surface area contributed by atoms with Gasteiger partial charge in [0.15, 0.2) is 0 Å². The van der Waals surface area contributed by atoms with Crippen LogP contribution in [0.1, 0.15) is 69.0 Å². The highest BCUT2D eigenvalue weighted by atomic mass is 35.5. The minimum absolute atomic E-state index is 0.0534. The lowest BCUT2D eigenvalue weighted by Crippen LogP contribution is -2.04. The molecule has 2 N–H and O–H groups in total. The number of aliphatic carboxylic acids is 2. The summed E-state index contributed by atoms with van der Waals surface area (Å²) in [7, 11) is 0. The fourth-order valence-electron chi connectivity index (χ4n) is 5.19. The highest BCUT2D eigenvalue weighted by Gasteiger charge is 2.22. The summed E-state index contributed by atoms with van der Waals surface area (Å²) < 4.78 is 13.8. The van der Waals surface area contributed by atoms with Crippen LogP contribution in [0.5, 0.6) is 11.5 Å². The first-order valence-electron chi connectivity index (χ1n) is 16.3. The van der Waals surface area contributed by atoms with E-state index in [4.69, 9.17) is 31.3 Å². The van der Waals surface area contributed by atoms with E-state index >= 15 is 0 Å².